The number of methoxy groups -OCH3 is 1. The topological polar surface area (TPSA) is 76.7 Å². The molecule has 0 aliphatic carbocycles. The molecule has 7 heteroatoms. The first-order valence-corrected chi connectivity index (χ1v) is 11.2. The van der Waals surface area contributed by atoms with Crippen LogP contribution in [-0.2, 0) is 14.8 Å². The average Bonchev–Trinajstić information content (AvgIpc) is 2.68. The van der Waals surface area contributed by atoms with Crippen LogP contribution in [0.5, 0.6) is 5.75 Å². The van der Waals surface area contributed by atoms with E-state index in [1.807, 2.05) is 39.0 Å². The minimum atomic E-state index is -3.63. The zero-order valence-corrected chi connectivity index (χ0v) is 18.7. The SMILES string of the molecule is COCCOc1ccc(S(=O)(=O)NCC(C)(C)NC(C)c2ccccc2)cc1C. The van der Waals surface area contributed by atoms with Gasteiger partial charge in [0.2, 0.25) is 10.0 Å². The Morgan fingerprint density at radius 2 is 1.76 bits per heavy atom. The van der Waals surface area contributed by atoms with Gasteiger partial charge in [-0.2, -0.15) is 0 Å². The van der Waals surface area contributed by atoms with Crippen LogP contribution in [0, 0.1) is 6.92 Å². The molecule has 0 saturated carbocycles. The number of rotatable bonds is 11. The minimum Gasteiger partial charge on any atom is -0.491 e. The standard InChI is InChI=1S/C22H32N2O4S/c1-17-15-20(11-12-21(17)28-14-13-27-5)29(25,26)23-16-22(3,4)24-18(2)19-9-7-6-8-10-19/h6-12,15,18,23-24H,13-14,16H2,1-5H3. The molecular weight excluding hydrogens is 388 g/mol. The second-order valence-electron chi connectivity index (χ2n) is 7.75. The smallest absolute Gasteiger partial charge is 0.240 e. The number of aryl methyl sites for hydroxylation is 1. The first kappa shape index (κ1) is 23.3. The van der Waals surface area contributed by atoms with Crippen LogP contribution in [0.2, 0.25) is 0 Å². The Morgan fingerprint density at radius 1 is 1.07 bits per heavy atom. The third kappa shape index (κ3) is 7.12. The zero-order chi connectivity index (χ0) is 21.5. The molecule has 0 aliphatic rings. The summed E-state index contributed by atoms with van der Waals surface area (Å²) in [6.07, 6.45) is 0. The molecule has 2 aromatic carbocycles. The summed E-state index contributed by atoms with van der Waals surface area (Å²) >= 11 is 0. The summed E-state index contributed by atoms with van der Waals surface area (Å²) in [5.74, 6) is 0.652. The number of hydrogen-bond acceptors (Lipinski definition) is 5. The van der Waals surface area contributed by atoms with Crippen LogP contribution < -0.4 is 14.8 Å². The molecule has 0 saturated heterocycles. The van der Waals surface area contributed by atoms with Gasteiger partial charge in [-0.05, 0) is 57.0 Å². The monoisotopic (exact) mass is 420 g/mol. The van der Waals surface area contributed by atoms with E-state index in [4.69, 9.17) is 9.47 Å². The number of nitrogens with one attached hydrogen (secondary N) is 2. The molecule has 0 radical (unpaired) electrons. The highest BCUT2D eigenvalue weighted by atomic mass is 32.2. The van der Waals surface area contributed by atoms with Crippen molar-refractivity contribution in [2.45, 2.75) is 44.2 Å². The van der Waals surface area contributed by atoms with Gasteiger partial charge >= 0.3 is 0 Å². The van der Waals surface area contributed by atoms with Gasteiger partial charge in [0.1, 0.15) is 12.4 Å². The lowest BCUT2D eigenvalue weighted by atomic mass is 10.0. The van der Waals surface area contributed by atoms with Gasteiger partial charge in [0.15, 0.2) is 0 Å². The molecule has 6 nitrogen and oxygen atoms in total. The van der Waals surface area contributed by atoms with E-state index in [9.17, 15) is 8.42 Å². The van der Waals surface area contributed by atoms with Crippen LogP contribution in [0.4, 0.5) is 0 Å². The van der Waals surface area contributed by atoms with E-state index >= 15 is 0 Å². The maximum Gasteiger partial charge on any atom is 0.240 e. The number of benzene rings is 2. The minimum absolute atomic E-state index is 0.0986. The number of ether oxygens (including phenoxy) is 2. The molecule has 0 fully saturated rings. The summed E-state index contributed by atoms with van der Waals surface area (Å²) in [7, 11) is -2.02. The van der Waals surface area contributed by atoms with Crippen molar-refractivity contribution in [3.63, 3.8) is 0 Å². The Balaban J connectivity index is 2.00. The Kier molecular flexibility index (Phi) is 8.22. The second-order valence-corrected chi connectivity index (χ2v) is 9.52. The van der Waals surface area contributed by atoms with Crippen LogP contribution >= 0.6 is 0 Å². The fraction of sp³-hybridized carbons (Fsp3) is 0.455. The van der Waals surface area contributed by atoms with Crippen molar-refractivity contribution in [1.29, 1.82) is 0 Å². The van der Waals surface area contributed by atoms with Crippen molar-refractivity contribution in [1.82, 2.24) is 10.0 Å². The molecule has 0 bridgehead atoms. The summed E-state index contributed by atoms with van der Waals surface area (Å²) in [6.45, 7) is 9.01. The largest absolute Gasteiger partial charge is 0.491 e. The Bertz CT molecular complexity index is 883. The predicted octanol–water partition coefficient (Wildman–Crippen LogP) is 3.43. The molecule has 2 rings (SSSR count). The Labute approximate surface area is 174 Å². The molecule has 0 aromatic heterocycles. The molecule has 0 amide bonds. The van der Waals surface area contributed by atoms with Crippen LogP contribution in [0.1, 0.15) is 37.9 Å². The maximum atomic E-state index is 12.8. The highest BCUT2D eigenvalue weighted by Crippen LogP contribution is 2.22. The van der Waals surface area contributed by atoms with E-state index in [1.54, 1.807) is 25.3 Å². The third-order valence-electron chi connectivity index (χ3n) is 4.61. The van der Waals surface area contributed by atoms with Crippen molar-refractivity contribution in [2.24, 2.45) is 0 Å². The van der Waals surface area contributed by atoms with E-state index in [0.29, 0.717) is 19.0 Å². The average molecular weight is 421 g/mol. The Morgan fingerprint density at radius 3 is 2.38 bits per heavy atom. The molecular formula is C22H32N2O4S. The first-order chi connectivity index (χ1) is 13.6. The van der Waals surface area contributed by atoms with Gasteiger partial charge in [-0.3, -0.25) is 0 Å². The fourth-order valence-electron chi connectivity index (χ4n) is 3.01. The molecule has 1 atom stereocenters. The second kappa shape index (κ2) is 10.2. The highest BCUT2D eigenvalue weighted by molar-refractivity contribution is 7.89. The van der Waals surface area contributed by atoms with Crippen LogP contribution in [-0.4, -0.2) is 40.8 Å². The van der Waals surface area contributed by atoms with Gasteiger partial charge in [-0.15, -0.1) is 0 Å². The lowest BCUT2D eigenvalue weighted by Crippen LogP contribution is -2.49. The molecule has 2 aromatic rings. The summed E-state index contributed by atoms with van der Waals surface area (Å²) < 4.78 is 38.8. The summed E-state index contributed by atoms with van der Waals surface area (Å²) in [4.78, 5) is 0.223. The zero-order valence-electron chi connectivity index (χ0n) is 17.9. The van der Waals surface area contributed by atoms with Gasteiger partial charge in [-0.25, -0.2) is 13.1 Å². The van der Waals surface area contributed by atoms with Crippen molar-refractivity contribution < 1.29 is 17.9 Å². The maximum absolute atomic E-state index is 12.8. The molecule has 1 unspecified atom stereocenters. The third-order valence-corrected chi connectivity index (χ3v) is 6.01. The normalized spacial score (nSPS) is 13.3. The van der Waals surface area contributed by atoms with E-state index in [2.05, 4.69) is 29.1 Å². The lowest BCUT2D eigenvalue weighted by Gasteiger charge is -2.30. The molecule has 0 aliphatic heterocycles. The summed E-state index contributed by atoms with van der Waals surface area (Å²) in [6, 6.07) is 15.0. The van der Waals surface area contributed by atoms with Crippen molar-refractivity contribution in [2.75, 3.05) is 26.9 Å². The van der Waals surface area contributed by atoms with Gasteiger partial charge < -0.3 is 14.8 Å². The van der Waals surface area contributed by atoms with Crippen LogP contribution in [0.25, 0.3) is 0 Å². The van der Waals surface area contributed by atoms with Gasteiger partial charge in [0.05, 0.1) is 11.5 Å². The van der Waals surface area contributed by atoms with Gasteiger partial charge in [0, 0.05) is 25.2 Å². The van der Waals surface area contributed by atoms with Gasteiger partial charge in [0.25, 0.3) is 0 Å². The van der Waals surface area contributed by atoms with Crippen LogP contribution in [0.15, 0.2) is 53.4 Å². The number of sulfonamides is 1. The summed E-state index contributed by atoms with van der Waals surface area (Å²) in [5, 5.41) is 3.49. The lowest BCUT2D eigenvalue weighted by molar-refractivity contribution is 0.146. The van der Waals surface area contributed by atoms with Crippen molar-refractivity contribution >= 4 is 10.0 Å². The number of hydrogen-bond donors (Lipinski definition) is 2. The van der Waals surface area contributed by atoms with E-state index in [-0.39, 0.29) is 17.5 Å². The predicted molar refractivity (Wildman–Crippen MR) is 116 cm³/mol. The molecule has 2 N–H and O–H groups in total. The Hall–Kier alpha value is -1.93. The van der Waals surface area contributed by atoms with E-state index in [1.165, 1.54) is 0 Å². The fourth-order valence-corrected chi connectivity index (χ4v) is 4.30. The quantitative estimate of drug-likeness (QED) is 0.545. The molecule has 160 valence electrons. The van der Waals surface area contributed by atoms with E-state index in [0.717, 1.165) is 11.1 Å². The molecule has 0 heterocycles. The molecule has 29 heavy (non-hydrogen) atoms. The van der Waals surface area contributed by atoms with E-state index < -0.39 is 15.6 Å². The molecule has 0 spiro atoms. The van der Waals surface area contributed by atoms with Crippen molar-refractivity contribution in [3.05, 3.63) is 59.7 Å². The highest BCUT2D eigenvalue weighted by Gasteiger charge is 2.24. The van der Waals surface area contributed by atoms with Gasteiger partial charge in [-0.1, -0.05) is 30.3 Å². The first-order valence-electron chi connectivity index (χ1n) is 9.69. The van der Waals surface area contributed by atoms with Crippen LogP contribution in [0.3, 0.4) is 0 Å². The summed E-state index contributed by atoms with van der Waals surface area (Å²) in [5.41, 5.74) is 1.49. The van der Waals surface area contributed by atoms with Crippen molar-refractivity contribution in [3.8, 4) is 5.75 Å².